The Bertz CT molecular complexity index is 840. The summed E-state index contributed by atoms with van der Waals surface area (Å²) in [5.41, 5.74) is 3.24. The number of ether oxygens (including phenoxy) is 1. The number of benzene rings is 2. The van der Waals surface area contributed by atoms with E-state index in [1.54, 1.807) is 25.3 Å². The Kier molecular flexibility index (Phi) is 6.46. The first-order valence-corrected chi connectivity index (χ1v) is 9.45. The summed E-state index contributed by atoms with van der Waals surface area (Å²) < 4.78 is 33.0. The highest BCUT2D eigenvalue weighted by Gasteiger charge is 2.22. The van der Waals surface area contributed by atoms with Crippen LogP contribution in [0, 0.1) is 6.92 Å². The fraction of sp³-hybridized carbons (Fsp3) is 0.333. The van der Waals surface area contributed by atoms with Gasteiger partial charge in [0.15, 0.2) is 0 Å². The van der Waals surface area contributed by atoms with Crippen LogP contribution in [0.3, 0.4) is 0 Å². The first-order valence-electron chi connectivity index (χ1n) is 7.97. The number of fused-ring (bicyclic) bond motifs is 1. The number of aryl methyl sites for hydroxylation is 1. The molecule has 2 aromatic carbocycles. The second-order valence-electron chi connectivity index (χ2n) is 5.94. The Morgan fingerprint density at radius 3 is 2.72 bits per heavy atom. The van der Waals surface area contributed by atoms with Crippen molar-refractivity contribution in [2.75, 3.05) is 20.2 Å². The van der Waals surface area contributed by atoms with Crippen LogP contribution in [-0.2, 0) is 16.4 Å². The summed E-state index contributed by atoms with van der Waals surface area (Å²) in [7, 11) is -1.98. The zero-order valence-electron chi connectivity index (χ0n) is 14.3. The zero-order valence-corrected chi connectivity index (χ0v) is 15.9. The molecule has 25 heavy (non-hydrogen) atoms. The smallest absolute Gasteiger partial charge is 0.240 e. The highest BCUT2D eigenvalue weighted by molar-refractivity contribution is 7.89. The van der Waals surface area contributed by atoms with Crippen molar-refractivity contribution in [3.63, 3.8) is 0 Å². The monoisotopic (exact) mass is 382 g/mol. The Labute approximate surface area is 155 Å². The molecule has 2 N–H and O–H groups in total. The fourth-order valence-electron chi connectivity index (χ4n) is 3.07. The van der Waals surface area contributed by atoms with Gasteiger partial charge in [0.2, 0.25) is 10.0 Å². The normalized spacial score (nSPS) is 16.6. The minimum Gasteiger partial charge on any atom is -0.496 e. The van der Waals surface area contributed by atoms with Crippen molar-refractivity contribution in [1.29, 1.82) is 0 Å². The summed E-state index contributed by atoms with van der Waals surface area (Å²) in [5.74, 6) is 0.678. The van der Waals surface area contributed by atoms with Crippen LogP contribution < -0.4 is 14.8 Å². The van der Waals surface area contributed by atoms with Crippen LogP contribution in [-0.4, -0.2) is 28.6 Å². The highest BCUT2D eigenvalue weighted by atomic mass is 35.5. The first kappa shape index (κ1) is 19.7. The van der Waals surface area contributed by atoms with Crippen molar-refractivity contribution in [3.05, 3.63) is 59.2 Å². The lowest BCUT2D eigenvalue weighted by molar-refractivity contribution is 0.411. The van der Waals surface area contributed by atoms with Gasteiger partial charge < -0.3 is 10.1 Å². The predicted octanol–water partition coefficient (Wildman–Crippen LogP) is 2.59. The van der Waals surface area contributed by atoms with E-state index in [1.807, 2.05) is 19.1 Å². The van der Waals surface area contributed by atoms with Crippen molar-refractivity contribution < 1.29 is 13.2 Å². The SMILES string of the molecule is COc1ccc(S(=O)(=O)NCC2NCCc3ccccc32)cc1C.Cl. The molecule has 0 saturated carbocycles. The summed E-state index contributed by atoms with van der Waals surface area (Å²) in [6.07, 6.45) is 0.969. The van der Waals surface area contributed by atoms with E-state index in [2.05, 4.69) is 22.2 Å². The summed E-state index contributed by atoms with van der Waals surface area (Å²) in [6.45, 7) is 3.01. The number of hydrogen-bond acceptors (Lipinski definition) is 4. The van der Waals surface area contributed by atoms with E-state index < -0.39 is 10.0 Å². The van der Waals surface area contributed by atoms with Gasteiger partial charge in [-0.2, -0.15) is 0 Å². The van der Waals surface area contributed by atoms with Crippen LogP contribution in [0.1, 0.15) is 22.7 Å². The van der Waals surface area contributed by atoms with E-state index in [9.17, 15) is 8.42 Å². The molecule has 0 bridgehead atoms. The molecule has 5 nitrogen and oxygen atoms in total. The molecule has 7 heteroatoms. The zero-order chi connectivity index (χ0) is 17.2. The molecule has 2 aromatic rings. The van der Waals surface area contributed by atoms with E-state index >= 15 is 0 Å². The third kappa shape index (κ3) is 4.33. The molecule has 1 unspecified atom stereocenters. The molecule has 1 aliphatic heterocycles. The van der Waals surface area contributed by atoms with Gasteiger partial charge in [-0.3, -0.25) is 0 Å². The van der Waals surface area contributed by atoms with Gasteiger partial charge >= 0.3 is 0 Å². The van der Waals surface area contributed by atoms with Crippen molar-refractivity contribution in [2.24, 2.45) is 0 Å². The summed E-state index contributed by atoms with van der Waals surface area (Å²) in [4.78, 5) is 0.255. The molecule has 136 valence electrons. The predicted molar refractivity (Wildman–Crippen MR) is 101 cm³/mol. The van der Waals surface area contributed by atoms with Gasteiger partial charge in [0.25, 0.3) is 0 Å². The minimum absolute atomic E-state index is 0. The first-order chi connectivity index (χ1) is 11.5. The Morgan fingerprint density at radius 1 is 1.24 bits per heavy atom. The van der Waals surface area contributed by atoms with E-state index in [4.69, 9.17) is 4.74 Å². The highest BCUT2D eigenvalue weighted by Crippen LogP contribution is 2.24. The average Bonchev–Trinajstić information content (AvgIpc) is 2.60. The molecule has 1 atom stereocenters. The Morgan fingerprint density at radius 2 is 2.00 bits per heavy atom. The van der Waals surface area contributed by atoms with E-state index in [1.165, 1.54) is 5.56 Å². The number of hydrogen-bond donors (Lipinski definition) is 2. The largest absolute Gasteiger partial charge is 0.496 e. The van der Waals surface area contributed by atoms with Gasteiger partial charge in [-0.15, -0.1) is 12.4 Å². The maximum atomic E-state index is 12.6. The molecule has 0 aliphatic carbocycles. The van der Waals surface area contributed by atoms with E-state index in [0.717, 1.165) is 24.1 Å². The minimum atomic E-state index is -3.56. The molecule has 0 amide bonds. The lowest BCUT2D eigenvalue weighted by atomic mass is 9.95. The quantitative estimate of drug-likeness (QED) is 0.834. The third-order valence-corrected chi connectivity index (χ3v) is 5.79. The molecule has 0 radical (unpaired) electrons. The van der Waals surface area contributed by atoms with Gasteiger partial charge in [-0.1, -0.05) is 24.3 Å². The number of methoxy groups -OCH3 is 1. The van der Waals surface area contributed by atoms with Crippen LogP contribution in [0.5, 0.6) is 5.75 Å². The van der Waals surface area contributed by atoms with Gasteiger partial charge in [0.05, 0.1) is 12.0 Å². The van der Waals surface area contributed by atoms with Crippen LogP contribution in [0.15, 0.2) is 47.4 Å². The molecule has 1 heterocycles. The van der Waals surface area contributed by atoms with Crippen molar-refractivity contribution in [3.8, 4) is 5.75 Å². The maximum absolute atomic E-state index is 12.6. The maximum Gasteiger partial charge on any atom is 0.240 e. The average molecular weight is 383 g/mol. The number of sulfonamides is 1. The van der Waals surface area contributed by atoms with E-state index in [-0.39, 0.29) is 23.3 Å². The van der Waals surface area contributed by atoms with Gasteiger partial charge in [-0.05, 0) is 54.8 Å². The number of nitrogens with one attached hydrogen (secondary N) is 2. The van der Waals surface area contributed by atoms with Crippen LogP contribution in [0.2, 0.25) is 0 Å². The summed E-state index contributed by atoms with van der Waals surface area (Å²) in [5, 5.41) is 3.38. The molecule has 0 spiro atoms. The fourth-order valence-corrected chi connectivity index (χ4v) is 4.20. The van der Waals surface area contributed by atoms with Gasteiger partial charge in [0.1, 0.15) is 5.75 Å². The Hall–Kier alpha value is -1.60. The van der Waals surface area contributed by atoms with Crippen molar-refractivity contribution >= 4 is 22.4 Å². The molecule has 0 aromatic heterocycles. The van der Waals surface area contributed by atoms with Crippen LogP contribution in [0.25, 0.3) is 0 Å². The topological polar surface area (TPSA) is 67.4 Å². The van der Waals surface area contributed by atoms with E-state index in [0.29, 0.717) is 12.3 Å². The molecular weight excluding hydrogens is 360 g/mol. The second kappa shape index (κ2) is 8.19. The standard InChI is InChI=1S/C18H22N2O3S.ClH/c1-13-11-15(7-8-18(13)23-2)24(21,22)20-12-17-16-6-4-3-5-14(16)9-10-19-17;/h3-8,11,17,19-20H,9-10,12H2,1-2H3;1H. The van der Waals surface area contributed by atoms with Crippen molar-refractivity contribution in [2.45, 2.75) is 24.3 Å². The molecule has 0 saturated heterocycles. The Balaban J connectivity index is 0.00000225. The van der Waals surface area contributed by atoms with Crippen LogP contribution in [0.4, 0.5) is 0 Å². The second-order valence-corrected chi connectivity index (χ2v) is 7.71. The lowest BCUT2D eigenvalue weighted by Gasteiger charge is -2.27. The third-order valence-electron chi connectivity index (χ3n) is 4.37. The molecule has 0 fully saturated rings. The summed E-state index contributed by atoms with van der Waals surface area (Å²) >= 11 is 0. The molecule has 1 aliphatic rings. The van der Waals surface area contributed by atoms with Gasteiger partial charge in [0, 0.05) is 12.6 Å². The number of halogens is 1. The molecule has 3 rings (SSSR count). The molecular formula is C18H23ClN2O3S. The summed E-state index contributed by atoms with van der Waals surface area (Å²) in [6, 6.07) is 13.0. The van der Waals surface area contributed by atoms with Crippen LogP contribution >= 0.6 is 12.4 Å². The van der Waals surface area contributed by atoms with Crippen molar-refractivity contribution in [1.82, 2.24) is 10.0 Å². The number of rotatable bonds is 5. The van der Waals surface area contributed by atoms with Gasteiger partial charge in [-0.25, -0.2) is 13.1 Å². The lowest BCUT2D eigenvalue weighted by Crippen LogP contribution is -2.38.